The van der Waals surface area contributed by atoms with Gasteiger partial charge in [-0.15, -0.1) is 0 Å². The van der Waals surface area contributed by atoms with Crippen molar-refractivity contribution in [3.63, 3.8) is 0 Å². The van der Waals surface area contributed by atoms with Crippen molar-refractivity contribution < 1.29 is 9.90 Å². The lowest BCUT2D eigenvalue weighted by molar-refractivity contribution is 0.0697. The lowest BCUT2D eigenvalue weighted by Crippen LogP contribution is -2.30. The molecule has 0 amide bonds. The number of aromatic carboxylic acids is 1. The van der Waals surface area contributed by atoms with Gasteiger partial charge in [0.1, 0.15) is 5.56 Å². The number of hydrogen-bond acceptors (Lipinski definition) is 4. The van der Waals surface area contributed by atoms with E-state index in [2.05, 4.69) is 11.1 Å². The van der Waals surface area contributed by atoms with Gasteiger partial charge in [0, 0.05) is 25.0 Å². The highest BCUT2D eigenvalue weighted by molar-refractivity contribution is 5.94. The SMILES string of the molecule is Cc1cc(N(C)C(C)CC#N)c(C(=O)O)cn1. The van der Waals surface area contributed by atoms with Crippen LogP contribution in [-0.4, -0.2) is 29.1 Å². The highest BCUT2D eigenvalue weighted by atomic mass is 16.4. The lowest BCUT2D eigenvalue weighted by atomic mass is 10.1. The van der Waals surface area contributed by atoms with Gasteiger partial charge in [0.05, 0.1) is 18.2 Å². The second-order valence-electron chi connectivity index (χ2n) is 3.97. The van der Waals surface area contributed by atoms with Crippen LogP contribution in [0.4, 0.5) is 5.69 Å². The summed E-state index contributed by atoms with van der Waals surface area (Å²) >= 11 is 0. The molecule has 0 fully saturated rings. The quantitative estimate of drug-likeness (QED) is 0.858. The molecule has 1 heterocycles. The summed E-state index contributed by atoms with van der Waals surface area (Å²) in [5.41, 5.74) is 1.50. The third-order valence-electron chi connectivity index (χ3n) is 2.68. The molecule has 0 bridgehead atoms. The van der Waals surface area contributed by atoms with Gasteiger partial charge in [-0.2, -0.15) is 5.26 Å². The number of carboxylic acid groups (broad SMARTS) is 1. The summed E-state index contributed by atoms with van der Waals surface area (Å²) in [4.78, 5) is 16.9. The molecule has 0 radical (unpaired) electrons. The van der Waals surface area contributed by atoms with E-state index in [4.69, 9.17) is 10.4 Å². The van der Waals surface area contributed by atoms with E-state index in [0.717, 1.165) is 5.69 Å². The Balaban J connectivity index is 3.15. The molecule has 5 heteroatoms. The van der Waals surface area contributed by atoms with Gasteiger partial charge < -0.3 is 10.0 Å². The number of rotatable bonds is 4. The fourth-order valence-corrected chi connectivity index (χ4v) is 1.51. The van der Waals surface area contributed by atoms with Gasteiger partial charge in [-0.05, 0) is 19.9 Å². The van der Waals surface area contributed by atoms with E-state index < -0.39 is 5.97 Å². The summed E-state index contributed by atoms with van der Waals surface area (Å²) in [5, 5.41) is 17.7. The largest absolute Gasteiger partial charge is 0.478 e. The van der Waals surface area contributed by atoms with Crippen LogP contribution in [0.25, 0.3) is 0 Å². The highest BCUT2D eigenvalue weighted by Gasteiger charge is 2.17. The second kappa shape index (κ2) is 5.30. The van der Waals surface area contributed by atoms with E-state index in [1.807, 2.05) is 6.92 Å². The minimum atomic E-state index is -1.01. The number of nitrogens with zero attached hydrogens (tertiary/aromatic N) is 3. The topological polar surface area (TPSA) is 77.2 Å². The van der Waals surface area contributed by atoms with E-state index in [1.165, 1.54) is 6.20 Å². The molecule has 1 N–H and O–H groups in total. The number of carbonyl (C=O) groups is 1. The maximum Gasteiger partial charge on any atom is 0.339 e. The minimum Gasteiger partial charge on any atom is -0.478 e. The molecule has 0 aliphatic carbocycles. The van der Waals surface area contributed by atoms with Crippen molar-refractivity contribution in [1.82, 2.24) is 4.98 Å². The average Bonchev–Trinajstić information content (AvgIpc) is 2.27. The Morgan fingerprint density at radius 1 is 1.71 bits per heavy atom. The van der Waals surface area contributed by atoms with E-state index in [0.29, 0.717) is 12.1 Å². The normalized spacial score (nSPS) is 11.6. The number of carboxylic acids is 1. The molecule has 0 saturated carbocycles. The fraction of sp³-hybridized carbons (Fsp3) is 0.417. The zero-order chi connectivity index (χ0) is 13.0. The van der Waals surface area contributed by atoms with Crippen molar-refractivity contribution in [1.29, 1.82) is 5.26 Å². The molecule has 17 heavy (non-hydrogen) atoms. The molecule has 0 spiro atoms. The monoisotopic (exact) mass is 233 g/mol. The number of nitriles is 1. The molecule has 90 valence electrons. The first kappa shape index (κ1) is 13.0. The van der Waals surface area contributed by atoms with Crippen LogP contribution < -0.4 is 4.90 Å². The maximum atomic E-state index is 11.1. The Bertz CT molecular complexity index is 465. The van der Waals surface area contributed by atoms with Gasteiger partial charge in [-0.3, -0.25) is 4.98 Å². The number of aryl methyl sites for hydroxylation is 1. The molecule has 0 aliphatic rings. The number of aromatic nitrogens is 1. The first-order chi connectivity index (χ1) is 7.97. The highest BCUT2D eigenvalue weighted by Crippen LogP contribution is 2.22. The predicted molar refractivity (Wildman–Crippen MR) is 64.0 cm³/mol. The minimum absolute atomic E-state index is 0.0418. The molecule has 1 aromatic heterocycles. The van der Waals surface area contributed by atoms with Crippen molar-refractivity contribution in [3.05, 3.63) is 23.5 Å². The fourth-order valence-electron chi connectivity index (χ4n) is 1.51. The molecule has 0 saturated heterocycles. The number of anilines is 1. The van der Waals surface area contributed by atoms with Crippen LogP contribution in [0.15, 0.2) is 12.3 Å². The molecule has 1 unspecified atom stereocenters. The van der Waals surface area contributed by atoms with Crippen molar-refractivity contribution in [2.45, 2.75) is 26.3 Å². The van der Waals surface area contributed by atoms with Gasteiger partial charge in [0.25, 0.3) is 0 Å². The van der Waals surface area contributed by atoms with Crippen LogP contribution in [0.3, 0.4) is 0 Å². The summed E-state index contributed by atoms with van der Waals surface area (Å²) < 4.78 is 0. The number of hydrogen-bond donors (Lipinski definition) is 1. The Kier molecular flexibility index (Phi) is 4.05. The van der Waals surface area contributed by atoms with Crippen LogP contribution in [0, 0.1) is 18.3 Å². The molecular weight excluding hydrogens is 218 g/mol. The van der Waals surface area contributed by atoms with Crippen LogP contribution in [-0.2, 0) is 0 Å². The molecular formula is C12H15N3O2. The van der Waals surface area contributed by atoms with E-state index in [-0.39, 0.29) is 11.6 Å². The smallest absolute Gasteiger partial charge is 0.339 e. The average molecular weight is 233 g/mol. The predicted octanol–water partition coefficient (Wildman–Crippen LogP) is 1.83. The van der Waals surface area contributed by atoms with Gasteiger partial charge in [0.15, 0.2) is 0 Å². The lowest BCUT2D eigenvalue weighted by Gasteiger charge is -2.26. The van der Waals surface area contributed by atoms with Crippen LogP contribution >= 0.6 is 0 Å². The van der Waals surface area contributed by atoms with E-state index in [9.17, 15) is 4.79 Å². The van der Waals surface area contributed by atoms with Gasteiger partial charge in [0.2, 0.25) is 0 Å². The summed E-state index contributed by atoms with van der Waals surface area (Å²) in [5.74, 6) is -1.01. The molecule has 0 aromatic carbocycles. The van der Waals surface area contributed by atoms with Crippen LogP contribution in [0.5, 0.6) is 0 Å². The zero-order valence-electron chi connectivity index (χ0n) is 10.1. The van der Waals surface area contributed by atoms with Crippen LogP contribution in [0.1, 0.15) is 29.4 Å². The summed E-state index contributed by atoms with van der Waals surface area (Å²) in [7, 11) is 1.78. The first-order valence-electron chi connectivity index (χ1n) is 5.27. The summed E-state index contributed by atoms with van der Waals surface area (Å²) in [6.45, 7) is 3.68. The Morgan fingerprint density at radius 2 is 2.35 bits per heavy atom. The van der Waals surface area contributed by atoms with Crippen molar-refractivity contribution in [3.8, 4) is 6.07 Å². The summed E-state index contributed by atoms with van der Waals surface area (Å²) in [6, 6.07) is 3.75. The van der Waals surface area contributed by atoms with Gasteiger partial charge >= 0.3 is 5.97 Å². The Morgan fingerprint density at radius 3 is 2.88 bits per heavy atom. The van der Waals surface area contributed by atoms with E-state index in [1.54, 1.807) is 24.9 Å². The Labute approximate surface area is 100 Å². The standard InChI is InChI=1S/C12H15N3O2/c1-8-6-11(10(7-14-8)12(16)17)15(3)9(2)4-5-13/h6-7,9H,4H2,1-3H3,(H,16,17). The van der Waals surface area contributed by atoms with Crippen molar-refractivity contribution in [2.75, 3.05) is 11.9 Å². The third kappa shape index (κ3) is 2.94. The number of pyridine rings is 1. The zero-order valence-corrected chi connectivity index (χ0v) is 10.1. The summed E-state index contributed by atoms with van der Waals surface area (Å²) in [6.07, 6.45) is 1.69. The molecule has 1 atom stereocenters. The van der Waals surface area contributed by atoms with Crippen molar-refractivity contribution in [2.24, 2.45) is 0 Å². The second-order valence-corrected chi connectivity index (χ2v) is 3.97. The molecule has 5 nitrogen and oxygen atoms in total. The molecule has 1 aromatic rings. The van der Waals surface area contributed by atoms with Crippen LogP contribution in [0.2, 0.25) is 0 Å². The molecule has 0 aliphatic heterocycles. The van der Waals surface area contributed by atoms with E-state index >= 15 is 0 Å². The molecule has 1 rings (SSSR count). The van der Waals surface area contributed by atoms with Crippen molar-refractivity contribution >= 4 is 11.7 Å². The third-order valence-corrected chi connectivity index (χ3v) is 2.68. The van der Waals surface area contributed by atoms with Gasteiger partial charge in [-0.25, -0.2) is 4.79 Å². The Hall–Kier alpha value is -2.09. The first-order valence-corrected chi connectivity index (χ1v) is 5.27. The maximum absolute atomic E-state index is 11.1. The van der Waals surface area contributed by atoms with Gasteiger partial charge in [-0.1, -0.05) is 0 Å².